The van der Waals surface area contributed by atoms with E-state index < -0.39 is 10.2 Å². The highest BCUT2D eigenvalue weighted by molar-refractivity contribution is 7.86. The number of carbonyl (C=O) groups is 2. The lowest BCUT2D eigenvalue weighted by Gasteiger charge is -2.36. The van der Waals surface area contributed by atoms with Crippen molar-refractivity contribution < 1.29 is 22.4 Å². The Hall–Kier alpha value is -1.91. The third-order valence-electron chi connectivity index (χ3n) is 5.22. The van der Waals surface area contributed by atoms with Crippen molar-refractivity contribution in [3.8, 4) is 0 Å². The molecule has 0 radical (unpaired) electrons. The number of nitrogens with one attached hydrogen (secondary N) is 1. The van der Waals surface area contributed by atoms with Crippen molar-refractivity contribution in [2.45, 2.75) is 32.1 Å². The first kappa shape index (κ1) is 20.8. The van der Waals surface area contributed by atoms with Crippen LogP contribution in [0.25, 0.3) is 0 Å². The van der Waals surface area contributed by atoms with Gasteiger partial charge in [0, 0.05) is 52.2 Å². The van der Waals surface area contributed by atoms with Crippen LogP contribution in [0.3, 0.4) is 0 Å². The Morgan fingerprint density at radius 2 is 1.61 bits per heavy atom. The number of piperazine rings is 1. The fourth-order valence-corrected chi connectivity index (χ4v) is 5.21. The summed E-state index contributed by atoms with van der Waals surface area (Å²) >= 11 is 0. The summed E-state index contributed by atoms with van der Waals surface area (Å²) in [7, 11) is -3.45. The predicted octanol–water partition coefficient (Wildman–Crippen LogP) is 0.665. The molecule has 2 saturated heterocycles. The van der Waals surface area contributed by atoms with Gasteiger partial charge in [-0.25, -0.2) is 0 Å². The van der Waals surface area contributed by atoms with Crippen molar-refractivity contribution in [3.05, 3.63) is 24.2 Å². The number of amides is 2. The standard InChI is InChI=1S/C18H28N4O5S/c23-17(5-7-19-18(24)16-6-14-27-15-16)20-10-12-22(13-11-20)28(25,26)21-8-3-1-2-4-9-21/h6,14-15H,1-5,7-13H2,(H,19,24). The van der Waals surface area contributed by atoms with Crippen molar-refractivity contribution in [1.29, 1.82) is 0 Å². The van der Waals surface area contributed by atoms with Gasteiger partial charge in [-0.05, 0) is 18.9 Å². The van der Waals surface area contributed by atoms with Gasteiger partial charge < -0.3 is 14.6 Å². The number of hydrogen-bond acceptors (Lipinski definition) is 5. The Labute approximate surface area is 165 Å². The number of carbonyl (C=O) groups excluding carboxylic acids is 2. The predicted molar refractivity (Wildman–Crippen MR) is 103 cm³/mol. The Bertz CT molecular complexity index is 749. The Morgan fingerprint density at radius 1 is 0.964 bits per heavy atom. The lowest BCUT2D eigenvalue weighted by atomic mass is 10.2. The molecular weight excluding hydrogens is 384 g/mol. The van der Waals surface area contributed by atoms with Crippen LogP contribution in [0.2, 0.25) is 0 Å². The molecular formula is C18H28N4O5S. The summed E-state index contributed by atoms with van der Waals surface area (Å²) in [6.07, 6.45) is 6.91. The molecule has 1 aromatic rings. The van der Waals surface area contributed by atoms with Gasteiger partial charge in [-0.3, -0.25) is 9.59 Å². The zero-order valence-electron chi connectivity index (χ0n) is 16.0. The lowest BCUT2D eigenvalue weighted by molar-refractivity contribution is -0.132. The highest BCUT2D eigenvalue weighted by Crippen LogP contribution is 2.18. The quantitative estimate of drug-likeness (QED) is 0.740. The summed E-state index contributed by atoms with van der Waals surface area (Å²) in [6, 6.07) is 1.56. The molecule has 28 heavy (non-hydrogen) atoms. The molecule has 1 aromatic heterocycles. The van der Waals surface area contributed by atoms with Gasteiger partial charge in [0.25, 0.3) is 16.1 Å². The highest BCUT2D eigenvalue weighted by atomic mass is 32.2. The molecule has 1 N–H and O–H groups in total. The van der Waals surface area contributed by atoms with Crippen molar-refractivity contribution in [3.63, 3.8) is 0 Å². The van der Waals surface area contributed by atoms with Gasteiger partial charge >= 0.3 is 0 Å². The summed E-state index contributed by atoms with van der Waals surface area (Å²) in [6.45, 7) is 2.77. The molecule has 2 amide bonds. The highest BCUT2D eigenvalue weighted by Gasteiger charge is 2.33. The third-order valence-corrected chi connectivity index (χ3v) is 7.25. The summed E-state index contributed by atoms with van der Waals surface area (Å²) < 4.78 is 33.6. The van der Waals surface area contributed by atoms with E-state index in [1.165, 1.54) is 16.8 Å². The van der Waals surface area contributed by atoms with Crippen LogP contribution in [-0.2, 0) is 15.0 Å². The minimum absolute atomic E-state index is 0.0840. The Kier molecular flexibility index (Phi) is 7.08. The molecule has 10 heteroatoms. The SMILES string of the molecule is O=C(NCCC(=O)N1CCN(S(=O)(=O)N2CCCCCC2)CC1)c1ccoc1. The molecule has 0 spiro atoms. The van der Waals surface area contributed by atoms with Crippen LogP contribution in [0.15, 0.2) is 23.0 Å². The van der Waals surface area contributed by atoms with E-state index in [0.717, 1.165) is 25.7 Å². The molecule has 0 bridgehead atoms. The van der Waals surface area contributed by atoms with E-state index in [1.807, 2.05) is 0 Å². The minimum atomic E-state index is -3.45. The van der Waals surface area contributed by atoms with Crippen LogP contribution < -0.4 is 5.32 Å². The first-order valence-corrected chi connectivity index (χ1v) is 11.2. The monoisotopic (exact) mass is 412 g/mol. The summed E-state index contributed by atoms with van der Waals surface area (Å²) in [5, 5.41) is 2.68. The molecule has 9 nitrogen and oxygen atoms in total. The smallest absolute Gasteiger partial charge is 0.282 e. The topological polar surface area (TPSA) is 103 Å². The number of furan rings is 1. The molecule has 0 aliphatic carbocycles. The Morgan fingerprint density at radius 3 is 2.21 bits per heavy atom. The van der Waals surface area contributed by atoms with E-state index in [4.69, 9.17) is 4.42 Å². The van der Waals surface area contributed by atoms with Crippen LogP contribution in [0.1, 0.15) is 42.5 Å². The van der Waals surface area contributed by atoms with E-state index in [9.17, 15) is 18.0 Å². The fraction of sp³-hybridized carbons (Fsp3) is 0.667. The molecule has 2 aliphatic rings. The van der Waals surface area contributed by atoms with E-state index in [0.29, 0.717) is 44.8 Å². The minimum Gasteiger partial charge on any atom is -0.472 e. The fourth-order valence-electron chi connectivity index (χ4n) is 3.54. The summed E-state index contributed by atoms with van der Waals surface area (Å²) in [4.78, 5) is 25.8. The Balaban J connectivity index is 1.42. The van der Waals surface area contributed by atoms with Crippen LogP contribution in [-0.4, -0.2) is 79.6 Å². The average Bonchev–Trinajstić information content (AvgIpc) is 3.10. The number of nitrogens with zero attached hydrogens (tertiary/aromatic N) is 3. The van der Waals surface area contributed by atoms with Gasteiger partial charge in [-0.2, -0.15) is 17.0 Å². The zero-order chi connectivity index (χ0) is 20.0. The second kappa shape index (κ2) is 9.53. The summed E-state index contributed by atoms with van der Waals surface area (Å²) in [5.74, 6) is -0.366. The van der Waals surface area contributed by atoms with Gasteiger partial charge in [0.1, 0.15) is 6.26 Å². The third kappa shape index (κ3) is 5.12. The maximum Gasteiger partial charge on any atom is 0.282 e. The van der Waals surface area contributed by atoms with Gasteiger partial charge in [-0.15, -0.1) is 0 Å². The van der Waals surface area contributed by atoms with Crippen LogP contribution in [0.4, 0.5) is 0 Å². The van der Waals surface area contributed by atoms with Gasteiger partial charge in [-0.1, -0.05) is 12.8 Å². The number of hydrogen-bond donors (Lipinski definition) is 1. The number of rotatable bonds is 6. The maximum absolute atomic E-state index is 12.8. The first-order valence-electron chi connectivity index (χ1n) is 9.82. The van der Waals surface area contributed by atoms with E-state index >= 15 is 0 Å². The van der Waals surface area contributed by atoms with E-state index in [-0.39, 0.29) is 24.8 Å². The van der Waals surface area contributed by atoms with Crippen molar-refractivity contribution in [1.82, 2.24) is 18.8 Å². The second-order valence-electron chi connectivity index (χ2n) is 7.12. The normalized spacial score (nSPS) is 19.9. The van der Waals surface area contributed by atoms with Crippen LogP contribution >= 0.6 is 0 Å². The molecule has 0 atom stereocenters. The van der Waals surface area contributed by atoms with E-state index in [2.05, 4.69) is 5.32 Å². The maximum atomic E-state index is 12.8. The molecule has 3 heterocycles. The zero-order valence-corrected chi connectivity index (χ0v) is 16.8. The first-order chi connectivity index (χ1) is 13.5. The van der Waals surface area contributed by atoms with Crippen molar-refractivity contribution in [2.24, 2.45) is 0 Å². The van der Waals surface area contributed by atoms with Crippen LogP contribution in [0, 0.1) is 0 Å². The molecule has 0 aromatic carbocycles. The van der Waals surface area contributed by atoms with Gasteiger partial charge in [0.05, 0.1) is 11.8 Å². The van der Waals surface area contributed by atoms with E-state index in [1.54, 1.807) is 15.3 Å². The molecule has 156 valence electrons. The molecule has 2 aliphatic heterocycles. The van der Waals surface area contributed by atoms with Crippen molar-refractivity contribution >= 4 is 22.0 Å². The molecule has 0 saturated carbocycles. The molecule has 3 rings (SSSR count). The average molecular weight is 413 g/mol. The largest absolute Gasteiger partial charge is 0.472 e. The molecule has 0 unspecified atom stereocenters. The lowest BCUT2D eigenvalue weighted by Crippen LogP contribution is -2.54. The molecule has 2 fully saturated rings. The van der Waals surface area contributed by atoms with Gasteiger partial charge in [0.2, 0.25) is 5.91 Å². The van der Waals surface area contributed by atoms with Gasteiger partial charge in [0.15, 0.2) is 0 Å². The summed E-state index contributed by atoms with van der Waals surface area (Å²) in [5.41, 5.74) is 0.416. The van der Waals surface area contributed by atoms with Crippen LogP contribution in [0.5, 0.6) is 0 Å². The van der Waals surface area contributed by atoms with Crippen molar-refractivity contribution in [2.75, 3.05) is 45.8 Å². The second-order valence-corrected chi connectivity index (χ2v) is 9.05.